The highest BCUT2D eigenvalue weighted by Gasteiger charge is 2.24. The van der Waals surface area contributed by atoms with Crippen molar-refractivity contribution in [3.8, 4) is 5.75 Å². The molecule has 1 saturated heterocycles. The molecule has 0 unspecified atom stereocenters. The zero-order valence-electron chi connectivity index (χ0n) is 14.6. The fourth-order valence-corrected chi connectivity index (χ4v) is 3.20. The molecule has 0 atom stereocenters. The average Bonchev–Trinajstić information content (AvgIpc) is 2.63. The molecule has 6 nitrogen and oxygen atoms in total. The normalized spacial score (nSPS) is 14.8. The Balaban J connectivity index is 1.53. The van der Waals surface area contributed by atoms with E-state index in [4.69, 9.17) is 9.47 Å². The summed E-state index contributed by atoms with van der Waals surface area (Å²) in [6.45, 7) is 4.03. The number of nitrogens with one attached hydrogen (secondary N) is 1. The Hall–Kier alpha value is -1.89. The van der Waals surface area contributed by atoms with Crippen LogP contribution >= 0.6 is 11.8 Å². The number of rotatable bonds is 8. The standard InChI is InChI=1S/C18H26N2O4S/c1-2-23-18(22)20-10-8-15(9-11-20)19-17(21)14-25-13-12-24-16-6-4-3-5-7-16/h3-7,15H,2,8-14H2,1H3,(H,19,21). The smallest absolute Gasteiger partial charge is 0.409 e. The number of carbonyl (C=O) groups is 2. The molecule has 1 aliphatic rings. The maximum atomic E-state index is 12.0. The summed E-state index contributed by atoms with van der Waals surface area (Å²) in [5.74, 6) is 2.08. The minimum absolute atomic E-state index is 0.0410. The number of ether oxygens (including phenoxy) is 2. The van der Waals surface area contributed by atoms with Crippen LogP contribution in [0.3, 0.4) is 0 Å². The van der Waals surface area contributed by atoms with Crippen LogP contribution in [0, 0.1) is 0 Å². The SMILES string of the molecule is CCOC(=O)N1CCC(NC(=O)CSCCOc2ccccc2)CC1. The second-order valence-electron chi connectivity index (χ2n) is 5.74. The van der Waals surface area contributed by atoms with Gasteiger partial charge in [-0.15, -0.1) is 11.8 Å². The molecule has 0 aromatic heterocycles. The van der Waals surface area contributed by atoms with Crippen LogP contribution in [0.25, 0.3) is 0 Å². The van der Waals surface area contributed by atoms with E-state index in [2.05, 4.69) is 5.32 Å². The van der Waals surface area contributed by atoms with E-state index in [1.807, 2.05) is 30.3 Å². The molecule has 1 heterocycles. The number of carbonyl (C=O) groups excluding carboxylic acids is 2. The van der Waals surface area contributed by atoms with Crippen molar-refractivity contribution < 1.29 is 19.1 Å². The van der Waals surface area contributed by atoms with Crippen LogP contribution in [0.4, 0.5) is 4.79 Å². The maximum Gasteiger partial charge on any atom is 0.409 e. The second kappa shape index (κ2) is 10.9. The van der Waals surface area contributed by atoms with E-state index in [-0.39, 0.29) is 18.0 Å². The number of piperidine rings is 1. The van der Waals surface area contributed by atoms with Crippen molar-refractivity contribution in [3.63, 3.8) is 0 Å². The molecule has 0 aliphatic carbocycles. The van der Waals surface area contributed by atoms with E-state index < -0.39 is 0 Å². The lowest BCUT2D eigenvalue weighted by molar-refractivity contribution is -0.119. The highest BCUT2D eigenvalue weighted by Crippen LogP contribution is 2.12. The van der Waals surface area contributed by atoms with Crippen LogP contribution in [0.2, 0.25) is 0 Å². The summed E-state index contributed by atoms with van der Waals surface area (Å²) < 4.78 is 10.6. The van der Waals surface area contributed by atoms with Gasteiger partial charge in [-0.25, -0.2) is 4.79 Å². The largest absolute Gasteiger partial charge is 0.493 e. The molecule has 1 aromatic rings. The Kier molecular flexibility index (Phi) is 8.45. The average molecular weight is 366 g/mol. The summed E-state index contributed by atoms with van der Waals surface area (Å²) in [4.78, 5) is 25.3. The summed E-state index contributed by atoms with van der Waals surface area (Å²) in [5.41, 5.74) is 0. The van der Waals surface area contributed by atoms with Crippen LogP contribution in [0.15, 0.2) is 30.3 Å². The summed E-state index contributed by atoms with van der Waals surface area (Å²) in [5, 5.41) is 3.04. The Bertz CT molecular complexity index is 533. The lowest BCUT2D eigenvalue weighted by atomic mass is 10.1. The summed E-state index contributed by atoms with van der Waals surface area (Å²) >= 11 is 1.56. The monoisotopic (exact) mass is 366 g/mol. The summed E-state index contributed by atoms with van der Waals surface area (Å²) in [6.07, 6.45) is 1.28. The number of hydrogen-bond acceptors (Lipinski definition) is 5. The first-order chi connectivity index (χ1) is 12.2. The maximum absolute atomic E-state index is 12.0. The molecule has 2 rings (SSSR count). The highest BCUT2D eigenvalue weighted by atomic mass is 32.2. The van der Waals surface area contributed by atoms with Gasteiger partial charge in [-0.05, 0) is 31.9 Å². The van der Waals surface area contributed by atoms with Gasteiger partial charge in [-0.1, -0.05) is 18.2 Å². The number of amides is 2. The van der Waals surface area contributed by atoms with E-state index in [0.717, 1.165) is 24.3 Å². The summed E-state index contributed by atoms with van der Waals surface area (Å²) in [7, 11) is 0. The van der Waals surface area contributed by atoms with Crippen molar-refractivity contribution in [1.82, 2.24) is 10.2 Å². The second-order valence-corrected chi connectivity index (χ2v) is 6.85. The molecule has 25 heavy (non-hydrogen) atoms. The van der Waals surface area contributed by atoms with Crippen molar-refractivity contribution in [2.45, 2.75) is 25.8 Å². The van der Waals surface area contributed by atoms with Gasteiger partial charge in [0.2, 0.25) is 5.91 Å². The van der Waals surface area contributed by atoms with E-state index in [0.29, 0.717) is 32.1 Å². The number of hydrogen-bond donors (Lipinski definition) is 1. The molecular formula is C18H26N2O4S. The number of nitrogens with zero attached hydrogens (tertiary/aromatic N) is 1. The predicted octanol–water partition coefficient (Wildman–Crippen LogP) is 2.54. The first-order valence-electron chi connectivity index (χ1n) is 8.65. The van der Waals surface area contributed by atoms with Gasteiger partial charge in [0.05, 0.1) is 19.0 Å². The van der Waals surface area contributed by atoms with Crippen molar-refractivity contribution in [2.75, 3.05) is 37.8 Å². The van der Waals surface area contributed by atoms with Gasteiger partial charge in [-0.3, -0.25) is 4.79 Å². The molecule has 1 fully saturated rings. The van der Waals surface area contributed by atoms with Crippen LogP contribution in [-0.2, 0) is 9.53 Å². The number of thioether (sulfide) groups is 1. The minimum Gasteiger partial charge on any atom is -0.493 e. The Morgan fingerprint density at radius 1 is 1.24 bits per heavy atom. The van der Waals surface area contributed by atoms with Crippen LogP contribution in [-0.4, -0.2) is 60.8 Å². The number of para-hydroxylation sites is 1. The van der Waals surface area contributed by atoms with Gasteiger partial charge in [0, 0.05) is 24.9 Å². The molecule has 0 spiro atoms. The minimum atomic E-state index is -0.263. The topological polar surface area (TPSA) is 67.9 Å². The van der Waals surface area contributed by atoms with E-state index in [1.165, 1.54) is 0 Å². The van der Waals surface area contributed by atoms with Gasteiger partial charge in [0.1, 0.15) is 5.75 Å². The van der Waals surface area contributed by atoms with E-state index in [1.54, 1.807) is 23.6 Å². The van der Waals surface area contributed by atoms with Crippen molar-refractivity contribution in [3.05, 3.63) is 30.3 Å². The fraction of sp³-hybridized carbons (Fsp3) is 0.556. The van der Waals surface area contributed by atoms with Gasteiger partial charge in [0.25, 0.3) is 0 Å². The van der Waals surface area contributed by atoms with E-state index in [9.17, 15) is 9.59 Å². The third kappa shape index (κ3) is 7.25. The molecule has 2 amide bonds. The van der Waals surface area contributed by atoms with Crippen molar-refractivity contribution in [1.29, 1.82) is 0 Å². The van der Waals surface area contributed by atoms with E-state index >= 15 is 0 Å². The highest BCUT2D eigenvalue weighted by molar-refractivity contribution is 7.99. The van der Waals surface area contributed by atoms with Gasteiger partial charge >= 0.3 is 6.09 Å². The molecule has 1 aromatic carbocycles. The first-order valence-corrected chi connectivity index (χ1v) is 9.81. The quantitative estimate of drug-likeness (QED) is 0.716. The third-order valence-corrected chi connectivity index (χ3v) is 4.78. The van der Waals surface area contributed by atoms with Crippen LogP contribution in [0.1, 0.15) is 19.8 Å². The molecule has 1 aliphatic heterocycles. The predicted molar refractivity (Wildman–Crippen MR) is 99.0 cm³/mol. The van der Waals surface area contributed by atoms with Gasteiger partial charge < -0.3 is 19.7 Å². The number of benzene rings is 1. The molecule has 0 saturated carbocycles. The number of likely N-dealkylation sites (tertiary alicyclic amines) is 1. The van der Waals surface area contributed by atoms with Gasteiger partial charge in [0.15, 0.2) is 0 Å². The molecule has 0 bridgehead atoms. The van der Waals surface area contributed by atoms with Crippen molar-refractivity contribution >= 4 is 23.8 Å². The zero-order valence-corrected chi connectivity index (χ0v) is 15.4. The molecule has 138 valence electrons. The molecule has 7 heteroatoms. The Morgan fingerprint density at radius 3 is 2.64 bits per heavy atom. The lowest BCUT2D eigenvalue weighted by Gasteiger charge is -2.31. The fourth-order valence-electron chi connectivity index (χ4n) is 2.59. The van der Waals surface area contributed by atoms with Crippen LogP contribution in [0.5, 0.6) is 5.75 Å². The summed E-state index contributed by atoms with van der Waals surface area (Å²) in [6, 6.07) is 9.79. The van der Waals surface area contributed by atoms with Crippen LogP contribution < -0.4 is 10.1 Å². The molecule has 1 N–H and O–H groups in total. The van der Waals surface area contributed by atoms with Crippen molar-refractivity contribution in [2.24, 2.45) is 0 Å². The lowest BCUT2D eigenvalue weighted by Crippen LogP contribution is -2.47. The Morgan fingerprint density at radius 2 is 1.96 bits per heavy atom. The third-order valence-electron chi connectivity index (χ3n) is 3.86. The zero-order chi connectivity index (χ0) is 17.9. The Labute approximate surface area is 153 Å². The first kappa shape index (κ1) is 19.4. The molecule has 0 radical (unpaired) electrons. The van der Waals surface area contributed by atoms with Gasteiger partial charge in [-0.2, -0.15) is 0 Å². The molecular weight excluding hydrogens is 340 g/mol.